The van der Waals surface area contributed by atoms with E-state index in [0.29, 0.717) is 24.2 Å². The molecule has 0 saturated carbocycles. The lowest BCUT2D eigenvalue weighted by atomic mass is 10.2. The summed E-state index contributed by atoms with van der Waals surface area (Å²) < 4.78 is 0. The summed E-state index contributed by atoms with van der Waals surface area (Å²) in [7, 11) is 0. The minimum absolute atomic E-state index is 0.00966. The highest BCUT2D eigenvalue weighted by Crippen LogP contribution is 2.29. The van der Waals surface area contributed by atoms with Gasteiger partial charge in [-0.1, -0.05) is 12.1 Å². The van der Waals surface area contributed by atoms with Crippen molar-refractivity contribution in [3.05, 3.63) is 48.0 Å². The molecule has 22 heavy (non-hydrogen) atoms. The van der Waals surface area contributed by atoms with Crippen molar-refractivity contribution in [2.24, 2.45) is 5.10 Å². The molecule has 1 aliphatic heterocycles. The van der Waals surface area contributed by atoms with E-state index in [1.165, 1.54) is 18.3 Å². The van der Waals surface area contributed by atoms with Crippen molar-refractivity contribution in [3.63, 3.8) is 0 Å². The van der Waals surface area contributed by atoms with Gasteiger partial charge in [0.05, 0.1) is 24.1 Å². The molecule has 0 saturated heterocycles. The number of phenolic OH excluding ortho intramolecular Hbond substituents is 2. The molecule has 0 aliphatic carbocycles. The van der Waals surface area contributed by atoms with E-state index >= 15 is 0 Å². The maximum atomic E-state index is 11.7. The molecule has 6 heteroatoms. The number of aromatic hydroxyl groups is 2. The summed E-state index contributed by atoms with van der Waals surface area (Å²) in [5.74, 6) is -0.122. The standard InChI is InChI=1S/C16H15N3O3/c20-12-6-5-11(15(21)9-12)10-17-19-8-7-16(22)18-13-3-1-2-4-14(13)19/h1-6,9-10,20-21H,7-8H2,(H,18,22). The summed E-state index contributed by atoms with van der Waals surface area (Å²) >= 11 is 0. The highest BCUT2D eigenvalue weighted by molar-refractivity contribution is 5.96. The van der Waals surface area contributed by atoms with E-state index in [0.717, 1.165) is 5.69 Å². The van der Waals surface area contributed by atoms with E-state index in [-0.39, 0.29) is 17.4 Å². The summed E-state index contributed by atoms with van der Waals surface area (Å²) in [5.41, 5.74) is 1.98. The molecule has 1 amide bonds. The molecule has 0 bridgehead atoms. The Morgan fingerprint density at radius 2 is 2.00 bits per heavy atom. The van der Waals surface area contributed by atoms with E-state index in [9.17, 15) is 15.0 Å². The third kappa shape index (κ3) is 2.85. The van der Waals surface area contributed by atoms with Crippen LogP contribution in [0.15, 0.2) is 47.6 Å². The van der Waals surface area contributed by atoms with Crippen LogP contribution in [0.3, 0.4) is 0 Å². The number of phenols is 2. The number of carbonyl (C=O) groups is 1. The summed E-state index contributed by atoms with van der Waals surface area (Å²) in [6.45, 7) is 0.443. The number of nitrogens with zero attached hydrogens (tertiary/aromatic N) is 2. The van der Waals surface area contributed by atoms with Crippen molar-refractivity contribution in [1.29, 1.82) is 0 Å². The smallest absolute Gasteiger partial charge is 0.226 e. The fourth-order valence-corrected chi connectivity index (χ4v) is 2.24. The van der Waals surface area contributed by atoms with Crippen LogP contribution in [0.25, 0.3) is 0 Å². The minimum atomic E-state index is -0.0577. The quantitative estimate of drug-likeness (QED) is 0.742. The molecule has 112 valence electrons. The van der Waals surface area contributed by atoms with Gasteiger partial charge in [0.25, 0.3) is 0 Å². The van der Waals surface area contributed by atoms with Crippen LogP contribution >= 0.6 is 0 Å². The first-order valence-electron chi connectivity index (χ1n) is 6.86. The molecule has 0 spiro atoms. The van der Waals surface area contributed by atoms with Crippen molar-refractivity contribution in [1.82, 2.24) is 0 Å². The minimum Gasteiger partial charge on any atom is -0.508 e. The van der Waals surface area contributed by atoms with Crippen molar-refractivity contribution >= 4 is 23.5 Å². The summed E-state index contributed by atoms with van der Waals surface area (Å²) in [6.07, 6.45) is 1.83. The average molecular weight is 297 g/mol. The number of hydrogen-bond acceptors (Lipinski definition) is 5. The van der Waals surface area contributed by atoms with Gasteiger partial charge in [-0.25, -0.2) is 0 Å². The first-order valence-corrected chi connectivity index (χ1v) is 6.86. The maximum Gasteiger partial charge on any atom is 0.226 e. The number of carbonyl (C=O) groups excluding carboxylic acids is 1. The second kappa shape index (κ2) is 5.77. The molecule has 0 atom stereocenters. The van der Waals surface area contributed by atoms with Gasteiger partial charge in [0.1, 0.15) is 11.5 Å². The van der Waals surface area contributed by atoms with E-state index in [2.05, 4.69) is 10.4 Å². The van der Waals surface area contributed by atoms with Crippen LogP contribution in [0.4, 0.5) is 11.4 Å². The maximum absolute atomic E-state index is 11.7. The number of hydrazone groups is 1. The Morgan fingerprint density at radius 3 is 2.82 bits per heavy atom. The van der Waals surface area contributed by atoms with Crippen LogP contribution in [0, 0.1) is 0 Å². The Hall–Kier alpha value is -3.02. The Kier molecular flexibility index (Phi) is 3.65. The number of benzene rings is 2. The van der Waals surface area contributed by atoms with Crippen molar-refractivity contribution < 1.29 is 15.0 Å². The predicted octanol–water partition coefficient (Wildman–Crippen LogP) is 2.28. The fourth-order valence-electron chi connectivity index (χ4n) is 2.24. The predicted molar refractivity (Wildman–Crippen MR) is 84.4 cm³/mol. The molecule has 0 fully saturated rings. The van der Waals surface area contributed by atoms with Crippen LogP contribution in [-0.4, -0.2) is 28.9 Å². The summed E-state index contributed by atoms with van der Waals surface area (Å²) in [5, 5.41) is 28.0. The molecule has 2 aromatic rings. The molecule has 1 heterocycles. The zero-order valence-corrected chi connectivity index (χ0v) is 11.7. The molecule has 0 aromatic heterocycles. The number of hydrogen-bond donors (Lipinski definition) is 3. The van der Waals surface area contributed by atoms with Gasteiger partial charge in [-0.15, -0.1) is 0 Å². The van der Waals surface area contributed by atoms with Crippen LogP contribution in [0.5, 0.6) is 11.5 Å². The van der Waals surface area contributed by atoms with Gasteiger partial charge in [-0.2, -0.15) is 5.10 Å². The molecule has 0 unspecified atom stereocenters. The molecule has 3 rings (SSSR count). The first kappa shape index (κ1) is 13.9. The zero-order valence-electron chi connectivity index (χ0n) is 11.7. The number of fused-ring (bicyclic) bond motifs is 1. The molecule has 1 aliphatic rings. The van der Waals surface area contributed by atoms with E-state index in [1.54, 1.807) is 11.1 Å². The van der Waals surface area contributed by atoms with Gasteiger partial charge in [0, 0.05) is 18.1 Å². The molecule has 0 radical (unpaired) electrons. The normalized spacial score (nSPS) is 14.5. The number of para-hydroxylation sites is 2. The molecular weight excluding hydrogens is 282 g/mol. The topological polar surface area (TPSA) is 85.2 Å². The van der Waals surface area contributed by atoms with Gasteiger partial charge in [-0.05, 0) is 24.3 Å². The first-order chi connectivity index (χ1) is 10.6. The van der Waals surface area contributed by atoms with E-state index in [1.807, 2.05) is 24.3 Å². The Balaban J connectivity index is 1.91. The van der Waals surface area contributed by atoms with Gasteiger partial charge in [0.2, 0.25) is 5.91 Å². The van der Waals surface area contributed by atoms with Crippen LogP contribution in [0.1, 0.15) is 12.0 Å². The molecule has 2 aromatic carbocycles. The molecule has 6 nitrogen and oxygen atoms in total. The van der Waals surface area contributed by atoms with E-state index in [4.69, 9.17) is 0 Å². The SMILES string of the molecule is O=C1CCN(N=Cc2ccc(O)cc2O)c2ccccc2N1. The van der Waals surface area contributed by atoms with Gasteiger partial charge < -0.3 is 15.5 Å². The number of anilines is 2. The van der Waals surface area contributed by atoms with Gasteiger partial charge >= 0.3 is 0 Å². The Labute approximate surface area is 127 Å². The number of amides is 1. The Bertz CT molecular complexity index is 743. The second-order valence-corrected chi connectivity index (χ2v) is 4.93. The summed E-state index contributed by atoms with van der Waals surface area (Å²) in [4.78, 5) is 11.7. The van der Waals surface area contributed by atoms with Crippen LogP contribution in [0.2, 0.25) is 0 Å². The number of rotatable bonds is 2. The Morgan fingerprint density at radius 1 is 1.18 bits per heavy atom. The molecular formula is C16H15N3O3. The van der Waals surface area contributed by atoms with Crippen LogP contribution in [-0.2, 0) is 4.79 Å². The monoisotopic (exact) mass is 297 g/mol. The van der Waals surface area contributed by atoms with Crippen molar-refractivity contribution in [2.75, 3.05) is 16.9 Å². The van der Waals surface area contributed by atoms with Gasteiger partial charge in [0.15, 0.2) is 0 Å². The lowest BCUT2D eigenvalue weighted by Crippen LogP contribution is -2.18. The highest BCUT2D eigenvalue weighted by atomic mass is 16.3. The lowest BCUT2D eigenvalue weighted by Gasteiger charge is -2.18. The summed E-state index contributed by atoms with van der Waals surface area (Å²) in [6, 6.07) is 11.7. The molecule has 3 N–H and O–H groups in total. The van der Waals surface area contributed by atoms with Crippen molar-refractivity contribution in [2.45, 2.75) is 6.42 Å². The lowest BCUT2D eigenvalue weighted by molar-refractivity contribution is -0.115. The zero-order chi connectivity index (χ0) is 15.5. The third-order valence-electron chi connectivity index (χ3n) is 3.36. The van der Waals surface area contributed by atoms with Crippen molar-refractivity contribution in [3.8, 4) is 11.5 Å². The average Bonchev–Trinajstić information content (AvgIpc) is 2.65. The fraction of sp³-hybridized carbons (Fsp3) is 0.125. The second-order valence-electron chi connectivity index (χ2n) is 4.93. The number of nitrogens with one attached hydrogen (secondary N) is 1. The third-order valence-corrected chi connectivity index (χ3v) is 3.36. The van der Waals surface area contributed by atoms with Crippen LogP contribution < -0.4 is 10.3 Å². The highest BCUT2D eigenvalue weighted by Gasteiger charge is 2.17. The largest absolute Gasteiger partial charge is 0.508 e. The van der Waals surface area contributed by atoms with Gasteiger partial charge in [-0.3, -0.25) is 9.80 Å². The van der Waals surface area contributed by atoms with E-state index < -0.39 is 0 Å².